The molecule has 3 aromatic carbocycles. The highest BCUT2D eigenvalue weighted by Crippen LogP contribution is 2.44. The third-order valence-electron chi connectivity index (χ3n) is 9.26. The van der Waals surface area contributed by atoms with Gasteiger partial charge < -0.3 is 24.0 Å². The summed E-state index contributed by atoms with van der Waals surface area (Å²) in [5, 5.41) is 3.23. The Bertz CT molecular complexity index is 1330. The Hall–Kier alpha value is -3.62. The van der Waals surface area contributed by atoms with E-state index in [1.54, 1.807) is 0 Å². The van der Waals surface area contributed by atoms with Gasteiger partial charge in [0.1, 0.15) is 19.3 Å². The molecule has 44 heavy (non-hydrogen) atoms. The summed E-state index contributed by atoms with van der Waals surface area (Å²) >= 11 is 0. The molecule has 0 saturated heterocycles. The van der Waals surface area contributed by atoms with Crippen molar-refractivity contribution in [2.75, 3.05) is 6.61 Å². The molecule has 0 spiro atoms. The van der Waals surface area contributed by atoms with Crippen molar-refractivity contribution in [1.29, 1.82) is 0 Å². The zero-order valence-corrected chi connectivity index (χ0v) is 27.8. The van der Waals surface area contributed by atoms with E-state index in [9.17, 15) is 9.59 Å². The van der Waals surface area contributed by atoms with Crippen molar-refractivity contribution in [2.24, 2.45) is 11.8 Å². The largest absolute Gasteiger partial charge is 0.508 e. The van der Waals surface area contributed by atoms with Crippen LogP contribution in [0.4, 0.5) is 9.59 Å². The van der Waals surface area contributed by atoms with Gasteiger partial charge in [0, 0.05) is 30.4 Å². The Kier molecular flexibility index (Phi) is 11.3. The number of alkyl carbamates (subject to hydrolysis) is 1. The fourth-order valence-corrected chi connectivity index (χ4v) is 6.51. The summed E-state index contributed by atoms with van der Waals surface area (Å²) in [5.74, 6) is -0.417. The lowest BCUT2D eigenvalue weighted by Crippen LogP contribution is -2.56. The predicted octanol–water partition coefficient (Wildman–Crippen LogP) is 8.47. The van der Waals surface area contributed by atoms with Crippen LogP contribution in [-0.2, 0) is 31.9 Å². The van der Waals surface area contributed by atoms with Crippen LogP contribution in [0.3, 0.4) is 0 Å². The molecular formula is C36H47NO6Si. The van der Waals surface area contributed by atoms with E-state index in [1.165, 1.54) is 0 Å². The summed E-state index contributed by atoms with van der Waals surface area (Å²) in [7, 11) is -2.13. The molecule has 1 aliphatic rings. The van der Waals surface area contributed by atoms with E-state index in [-0.39, 0.29) is 42.0 Å². The lowest BCUT2D eigenvalue weighted by Gasteiger charge is -2.47. The molecule has 7 nitrogen and oxygen atoms in total. The number of hydrogen-bond acceptors (Lipinski definition) is 6. The Morgan fingerprint density at radius 3 is 1.89 bits per heavy atom. The van der Waals surface area contributed by atoms with E-state index in [4.69, 9.17) is 18.6 Å². The first-order valence-electron chi connectivity index (χ1n) is 15.5. The lowest BCUT2D eigenvalue weighted by molar-refractivity contribution is -0.0482. The third-order valence-corrected chi connectivity index (χ3v) is 13.8. The summed E-state index contributed by atoms with van der Waals surface area (Å²) in [6.07, 6.45) is -1.10. The average Bonchev–Trinajstić information content (AvgIpc) is 3.01. The molecule has 8 heteroatoms. The molecule has 236 valence electrons. The van der Waals surface area contributed by atoms with Crippen LogP contribution >= 0.6 is 0 Å². The van der Waals surface area contributed by atoms with Crippen LogP contribution in [0.15, 0.2) is 91.0 Å². The number of hydrogen-bond donors (Lipinski definition) is 1. The van der Waals surface area contributed by atoms with E-state index < -0.39 is 26.7 Å². The van der Waals surface area contributed by atoms with Gasteiger partial charge in [-0.15, -0.1) is 0 Å². The highest BCUT2D eigenvalue weighted by molar-refractivity contribution is 6.74. The maximum atomic E-state index is 13.3. The molecule has 0 aliphatic heterocycles. The third kappa shape index (κ3) is 8.95. The maximum Gasteiger partial charge on any atom is 0.508 e. The smallest absolute Gasteiger partial charge is 0.445 e. The minimum atomic E-state index is -2.13. The SMILES string of the molecule is C[C@@H]1[C@H](CO[Si](C)(C)C(C)(C)C)[C@H](NC(=O)OCc2ccccc2)[C@@H](c2ccccc2)C[C@@H]1OC(=O)OCc1ccccc1. The van der Waals surface area contributed by atoms with Crippen molar-refractivity contribution in [3.63, 3.8) is 0 Å². The Balaban J connectivity index is 1.58. The molecule has 0 unspecified atom stereocenters. The molecule has 1 N–H and O–H groups in total. The van der Waals surface area contributed by atoms with Crippen molar-refractivity contribution < 1.29 is 28.2 Å². The molecular weight excluding hydrogens is 570 g/mol. The molecule has 1 fully saturated rings. The molecule has 1 saturated carbocycles. The van der Waals surface area contributed by atoms with E-state index in [0.29, 0.717) is 13.0 Å². The van der Waals surface area contributed by atoms with Crippen molar-refractivity contribution in [1.82, 2.24) is 5.32 Å². The van der Waals surface area contributed by atoms with E-state index in [1.807, 2.05) is 78.9 Å². The normalized spacial score (nSPS) is 22.1. The van der Waals surface area contributed by atoms with Gasteiger partial charge >= 0.3 is 12.2 Å². The monoisotopic (exact) mass is 617 g/mol. The summed E-state index contributed by atoms with van der Waals surface area (Å²) in [6, 6.07) is 28.9. The average molecular weight is 618 g/mol. The van der Waals surface area contributed by atoms with Gasteiger partial charge in [-0.3, -0.25) is 0 Å². The number of amides is 1. The number of carbonyl (C=O) groups excluding carboxylic acids is 2. The highest BCUT2D eigenvalue weighted by atomic mass is 28.4. The second kappa shape index (κ2) is 14.9. The van der Waals surface area contributed by atoms with Gasteiger partial charge in [0.05, 0.1) is 0 Å². The van der Waals surface area contributed by atoms with Crippen LogP contribution in [0.2, 0.25) is 18.1 Å². The number of nitrogens with one attached hydrogen (secondary N) is 1. The topological polar surface area (TPSA) is 83.1 Å². The van der Waals surface area contributed by atoms with Crippen molar-refractivity contribution in [3.05, 3.63) is 108 Å². The fourth-order valence-electron chi connectivity index (χ4n) is 5.47. The first-order chi connectivity index (χ1) is 20.9. The summed E-state index contributed by atoms with van der Waals surface area (Å²) < 4.78 is 24.0. The van der Waals surface area contributed by atoms with Gasteiger partial charge in [0.2, 0.25) is 0 Å². The molecule has 0 heterocycles. The molecule has 1 aliphatic carbocycles. The van der Waals surface area contributed by atoms with Gasteiger partial charge in [-0.05, 0) is 41.2 Å². The van der Waals surface area contributed by atoms with Crippen LogP contribution < -0.4 is 5.32 Å². The van der Waals surface area contributed by atoms with Gasteiger partial charge in [0.15, 0.2) is 8.32 Å². The van der Waals surface area contributed by atoms with Crippen LogP contribution in [0, 0.1) is 11.8 Å². The molecule has 1 amide bonds. The molecule has 0 bridgehead atoms. The van der Waals surface area contributed by atoms with Crippen LogP contribution in [0.25, 0.3) is 0 Å². The number of carbonyl (C=O) groups is 2. The summed E-state index contributed by atoms with van der Waals surface area (Å²) in [5.41, 5.74) is 2.86. The van der Waals surface area contributed by atoms with E-state index >= 15 is 0 Å². The van der Waals surface area contributed by atoms with Crippen LogP contribution in [-0.4, -0.2) is 39.3 Å². The lowest BCUT2D eigenvalue weighted by atomic mass is 9.67. The predicted molar refractivity (Wildman–Crippen MR) is 175 cm³/mol. The Morgan fingerprint density at radius 1 is 0.818 bits per heavy atom. The molecule has 4 rings (SSSR count). The Labute approximate surface area is 263 Å². The van der Waals surface area contributed by atoms with Crippen LogP contribution in [0.1, 0.15) is 56.7 Å². The zero-order chi connectivity index (χ0) is 31.7. The number of rotatable bonds is 10. The van der Waals surface area contributed by atoms with E-state index in [2.05, 4.69) is 58.2 Å². The second-order valence-electron chi connectivity index (χ2n) is 13.3. The van der Waals surface area contributed by atoms with Crippen LogP contribution in [0.5, 0.6) is 0 Å². The minimum absolute atomic E-state index is 0.0123. The van der Waals surface area contributed by atoms with Crippen molar-refractivity contribution in [3.8, 4) is 0 Å². The summed E-state index contributed by atoms with van der Waals surface area (Å²) in [4.78, 5) is 26.2. The van der Waals surface area contributed by atoms with Gasteiger partial charge in [-0.2, -0.15) is 0 Å². The first-order valence-corrected chi connectivity index (χ1v) is 18.4. The molecule has 0 radical (unpaired) electrons. The zero-order valence-electron chi connectivity index (χ0n) is 26.8. The minimum Gasteiger partial charge on any atom is -0.445 e. The van der Waals surface area contributed by atoms with Gasteiger partial charge in [-0.25, -0.2) is 9.59 Å². The first kappa shape index (κ1) is 33.3. The van der Waals surface area contributed by atoms with E-state index in [0.717, 1.165) is 16.7 Å². The standard InChI is InChI=1S/C36H47NO6Si/c1-26-31(25-42-44(5,6)36(2,3)4)33(37-34(38)40-23-27-16-10-7-11-17-27)30(29-20-14-9-15-21-29)22-32(26)43-35(39)41-24-28-18-12-8-13-19-28/h7-21,26,30-33H,22-25H2,1-6H3,(H,37,38)/t26-,30-,31+,32+,33-/m1/s1. The number of ether oxygens (including phenoxy) is 3. The van der Waals surface area contributed by atoms with Gasteiger partial charge in [-0.1, -0.05) is 119 Å². The quantitative estimate of drug-likeness (QED) is 0.182. The highest BCUT2D eigenvalue weighted by Gasteiger charge is 2.47. The summed E-state index contributed by atoms with van der Waals surface area (Å²) in [6.45, 7) is 13.9. The Morgan fingerprint density at radius 2 is 1.34 bits per heavy atom. The molecule has 5 atom stereocenters. The van der Waals surface area contributed by atoms with Gasteiger partial charge in [0.25, 0.3) is 0 Å². The fraction of sp³-hybridized carbons (Fsp3) is 0.444. The maximum absolute atomic E-state index is 13.3. The number of benzene rings is 3. The molecule has 3 aromatic rings. The van der Waals surface area contributed by atoms with Crippen molar-refractivity contribution in [2.45, 2.75) is 83.5 Å². The molecule has 0 aromatic heterocycles. The second-order valence-corrected chi connectivity index (χ2v) is 18.1. The van der Waals surface area contributed by atoms with Crippen molar-refractivity contribution >= 4 is 20.6 Å².